The number of hydrogen-bond donors (Lipinski definition) is 2. The monoisotopic (exact) mass is 277 g/mol. The Bertz CT molecular complexity index is 522. The van der Waals surface area contributed by atoms with Gasteiger partial charge in [-0.3, -0.25) is 0 Å². The highest BCUT2D eigenvalue weighted by Crippen LogP contribution is 2.35. The van der Waals surface area contributed by atoms with E-state index in [1.54, 1.807) is 0 Å². The fraction of sp³-hybridized carbons (Fsp3) is 0.533. The summed E-state index contributed by atoms with van der Waals surface area (Å²) in [7, 11) is 0. The summed E-state index contributed by atoms with van der Waals surface area (Å²) in [6.07, 6.45) is 4.71. The molecule has 1 aliphatic carbocycles. The number of halogens is 1. The number of H-pyrrole nitrogens is 1. The maximum Gasteiger partial charge on any atom is 0.201 e. The number of aromatic amines is 1. The van der Waals surface area contributed by atoms with E-state index < -0.39 is 0 Å². The van der Waals surface area contributed by atoms with Crippen LogP contribution in [0.5, 0.6) is 0 Å². The zero-order valence-corrected chi connectivity index (χ0v) is 12.0. The molecule has 0 bridgehead atoms. The van der Waals surface area contributed by atoms with E-state index in [9.17, 15) is 0 Å². The van der Waals surface area contributed by atoms with E-state index in [-0.39, 0.29) is 5.54 Å². The van der Waals surface area contributed by atoms with Crippen LogP contribution in [0.3, 0.4) is 0 Å². The summed E-state index contributed by atoms with van der Waals surface area (Å²) in [6.45, 7) is 2.32. The summed E-state index contributed by atoms with van der Waals surface area (Å²) in [4.78, 5) is 7.93. The summed E-state index contributed by atoms with van der Waals surface area (Å²) in [5.74, 6) is 2.29. The summed E-state index contributed by atoms with van der Waals surface area (Å²) >= 11 is 6.23. The van der Waals surface area contributed by atoms with Crippen molar-refractivity contribution in [1.82, 2.24) is 9.97 Å². The molecule has 3 rings (SSSR count). The number of imidazole rings is 1. The van der Waals surface area contributed by atoms with Crippen molar-refractivity contribution in [3.05, 3.63) is 24.3 Å². The largest absolute Gasteiger partial charge is 0.349 e. The third-order valence-corrected chi connectivity index (χ3v) is 4.77. The minimum Gasteiger partial charge on any atom is -0.349 e. The van der Waals surface area contributed by atoms with Gasteiger partial charge in [-0.15, -0.1) is 11.6 Å². The van der Waals surface area contributed by atoms with E-state index in [0.29, 0.717) is 5.88 Å². The van der Waals surface area contributed by atoms with Crippen molar-refractivity contribution in [2.24, 2.45) is 5.92 Å². The Labute approximate surface area is 118 Å². The van der Waals surface area contributed by atoms with Crippen LogP contribution in [0.15, 0.2) is 24.3 Å². The van der Waals surface area contributed by atoms with Gasteiger partial charge in [-0.1, -0.05) is 19.1 Å². The van der Waals surface area contributed by atoms with Crippen LogP contribution in [0.25, 0.3) is 11.0 Å². The van der Waals surface area contributed by atoms with Gasteiger partial charge >= 0.3 is 0 Å². The maximum atomic E-state index is 6.23. The van der Waals surface area contributed by atoms with E-state index in [0.717, 1.165) is 35.7 Å². The molecule has 3 nitrogen and oxygen atoms in total. The third-order valence-electron chi connectivity index (χ3n) is 4.26. The van der Waals surface area contributed by atoms with Crippen molar-refractivity contribution in [1.29, 1.82) is 0 Å². The molecule has 0 amide bonds. The third kappa shape index (κ3) is 2.57. The molecule has 4 heteroatoms. The Morgan fingerprint density at radius 2 is 2.11 bits per heavy atom. The Hall–Kier alpha value is -1.22. The molecule has 0 spiro atoms. The second-order valence-electron chi connectivity index (χ2n) is 5.82. The van der Waals surface area contributed by atoms with Crippen molar-refractivity contribution >= 4 is 28.6 Å². The van der Waals surface area contributed by atoms with Gasteiger partial charge in [-0.25, -0.2) is 4.98 Å². The average Bonchev–Trinajstić information content (AvgIpc) is 2.83. The van der Waals surface area contributed by atoms with Crippen LogP contribution in [0.2, 0.25) is 0 Å². The highest BCUT2D eigenvalue weighted by atomic mass is 35.5. The molecule has 0 radical (unpaired) electrons. The molecule has 1 heterocycles. The van der Waals surface area contributed by atoms with Gasteiger partial charge in [-0.2, -0.15) is 0 Å². The first-order valence-corrected chi connectivity index (χ1v) is 7.53. The number of fused-ring (bicyclic) bond motifs is 1. The standard InChI is InChI=1S/C15H20ClN3/c1-11-6-8-15(10-16,9-7-11)19-14-17-12-4-2-3-5-13(12)18-14/h2-5,11H,6-10H2,1H3,(H2,17,18,19). The van der Waals surface area contributed by atoms with Crippen LogP contribution in [0, 0.1) is 5.92 Å². The van der Waals surface area contributed by atoms with Crippen LogP contribution in [-0.4, -0.2) is 21.4 Å². The van der Waals surface area contributed by atoms with Gasteiger partial charge in [0.05, 0.1) is 16.6 Å². The molecule has 0 atom stereocenters. The molecule has 1 saturated carbocycles. The maximum absolute atomic E-state index is 6.23. The minimum absolute atomic E-state index is 0.00193. The smallest absolute Gasteiger partial charge is 0.201 e. The number of rotatable bonds is 3. The number of benzene rings is 1. The lowest BCUT2D eigenvalue weighted by Gasteiger charge is -2.38. The number of alkyl halides is 1. The number of aromatic nitrogens is 2. The van der Waals surface area contributed by atoms with Crippen molar-refractivity contribution in [3.63, 3.8) is 0 Å². The van der Waals surface area contributed by atoms with Gasteiger partial charge in [0.2, 0.25) is 5.95 Å². The lowest BCUT2D eigenvalue weighted by molar-refractivity contribution is 0.286. The fourth-order valence-electron chi connectivity index (χ4n) is 2.87. The molecule has 19 heavy (non-hydrogen) atoms. The molecule has 1 fully saturated rings. The Morgan fingerprint density at radius 1 is 1.37 bits per heavy atom. The summed E-state index contributed by atoms with van der Waals surface area (Å²) in [5.41, 5.74) is 2.07. The number of hydrogen-bond acceptors (Lipinski definition) is 2. The van der Waals surface area contributed by atoms with Gasteiger partial charge in [0.15, 0.2) is 0 Å². The van der Waals surface area contributed by atoms with E-state index in [4.69, 9.17) is 11.6 Å². The minimum atomic E-state index is 0.00193. The number of para-hydroxylation sites is 2. The van der Waals surface area contributed by atoms with Crippen molar-refractivity contribution < 1.29 is 0 Å². The Balaban J connectivity index is 1.82. The van der Waals surface area contributed by atoms with E-state index >= 15 is 0 Å². The first-order valence-electron chi connectivity index (χ1n) is 7.00. The predicted octanol–water partition coefficient (Wildman–Crippen LogP) is 4.16. The zero-order chi connectivity index (χ0) is 13.3. The van der Waals surface area contributed by atoms with Crippen molar-refractivity contribution in [3.8, 4) is 0 Å². The average molecular weight is 278 g/mol. The molecule has 1 aromatic heterocycles. The van der Waals surface area contributed by atoms with Crippen LogP contribution in [0.1, 0.15) is 32.6 Å². The molecular weight excluding hydrogens is 258 g/mol. The van der Waals surface area contributed by atoms with Crippen LogP contribution < -0.4 is 5.32 Å². The molecule has 1 aliphatic rings. The van der Waals surface area contributed by atoms with Crippen LogP contribution in [0.4, 0.5) is 5.95 Å². The van der Waals surface area contributed by atoms with Crippen molar-refractivity contribution in [2.45, 2.75) is 38.1 Å². The highest BCUT2D eigenvalue weighted by molar-refractivity contribution is 6.18. The van der Waals surface area contributed by atoms with Gasteiger partial charge in [0.1, 0.15) is 0 Å². The fourth-order valence-corrected chi connectivity index (χ4v) is 3.20. The molecule has 0 unspecified atom stereocenters. The summed E-state index contributed by atoms with van der Waals surface area (Å²) in [5, 5.41) is 3.56. The predicted molar refractivity (Wildman–Crippen MR) is 80.8 cm³/mol. The second-order valence-corrected chi connectivity index (χ2v) is 6.09. The Morgan fingerprint density at radius 3 is 2.79 bits per heavy atom. The lowest BCUT2D eigenvalue weighted by atomic mass is 9.78. The molecule has 1 aromatic carbocycles. The molecule has 0 aliphatic heterocycles. The van der Waals surface area contributed by atoms with Crippen molar-refractivity contribution in [2.75, 3.05) is 11.2 Å². The molecule has 102 valence electrons. The van der Waals surface area contributed by atoms with Crippen LogP contribution >= 0.6 is 11.6 Å². The van der Waals surface area contributed by atoms with Gasteiger partial charge < -0.3 is 10.3 Å². The van der Waals surface area contributed by atoms with E-state index in [1.807, 2.05) is 24.3 Å². The van der Waals surface area contributed by atoms with Gasteiger partial charge in [-0.05, 0) is 43.7 Å². The zero-order valence-electron chi connectivity index (χ0n) is 11.2. The summed E-state index contributed by atoms with van der Waals surface area (Å²) in [6, 6.07) is 8.09. The first-order chi connectivity index (χ1) is 9.21. The lowest BCUT2D eigenvalue weighted by Crippen LogP contribution is -2.43. The van der Waals surface area contributed by atoms with Crippen LogP contribution in [-0.2, 0) is 0 Å². The number of nitrogens with zero attached hydrogens (tertiary/aromatic N) is 1. The normalized spacial score (nSPS) is 27.6. The van der Waals surface area contributed by atoms with Gasteiger partial charge in [0.25, 0.3) is 0 Å². The second kappa shape index (κ2) is 5.04. The number of nitrogens with one attached hydrogen (secondary N) is 2. The number of anilines is 1. The molecule has 2 N–H and O–H groups in total. The van der Waals surface area contributed by atoms with Gasteiger partial charge in [0, 0.05) is 5.88 Å². The molecule has 0 saturated heterocycles. The molecular formula is C15H20ClN3. The first kappa shape index (κ1) is 12.8. The van der Waals surface area contributed by atoms with E-state index in [2.05, 4.69) is 22.2 Å². The Kier molecular flexibility index (Phi) is 3.40. The topological polar surface area (TPSA) is 40.7 Å². The summed E-state index contributed by atoms with van der Waals surface area (Å²) < 4.78 is 0. The highest BCUT2D eigenvalue weighted by Gasteiger charge is 2.34. The SMILES string of the molecule is CC1CCC(CCl)(Nc2nc3ccccc3[nH]2)CC1. The van der Waals surface area contributed by atoms with E-state index in [1.165, 1.54) is 12.8 Å². The molecule has 2 aromatic rings. The quantitative estimate of drug-likeness (QED) is 0.827.